The van der Waals surface area contributed by atoms with Gasteiger partial charge in [-0.05, 0) is 41.8 Å². The minimum atomic E-state index is 0.292. The standard InChI is InChI=1S/C14H11NO/c16-13-7-5-12(6-8-13)15-10-9-11-3-1-2-4-14(11)15/h1-10,16H. The minimum Gasteiger partial charge on any atom is -0.508 e. The first kappa shape index (κ1) is 9.04. The van der Waals surface area contributed by atoms with Gasteiger partial charge in [-0.2, -0.15) is 0 Å². The SMILES string of the molecule is Oc1ccc(-n2ccc3ccccc32)cc1. The number of aromatic hydroxyl groups is 1. The maximum atomic E-state index is 9.26. The van der Waals surface area contributed by atoms with Crippen molar-refractivity contribution in [1.29, 1.82) is 0 Å². The number of aromatic nitrogens is 1. The monoisotopic (exact) mass is 209 g/mol. The summed E-state index contributed by atoms with van der Waals surface area (Å²) in [5, 5.41) is 10.5. The average molecular weight is 209 g/mol. The van der Waals surface area contributed by atoms with E-state index in [0.29, 0.717) is 5.75 Å². The summed E-state index contributed by atoms with van der Waals surface area (Å²) in [4.78, 5) is 0. The number of rotatable bonds is 1. The van der Waals surface area contributed by atoms with Crippen LogP contribution in [0.15, 0.2) is 60.8 Å². The molecule has 3 rings (SSSR count). The molecule has 1 N–H and O–H groups in total. The Kier molecular flexibility index (Phi) is 1.93. The van der Waals surface area contributed by atoms with Crippen LogP contribution in [0.1, 0.15) is 0 Å². The Bertz CT molecular complexity index is 623. The van der Waals surface area contributed by atoms with Gasteiger partial charge in [0.05, 0.1) is 5.52 Å². The van der Waals surface area contributed by atoms with Crippen molar-refractivity contribution in [3.05, 3.63) is 60.8 Å². The summed E-state index contributed by atoms with van der Waals surface area (Å²) in [6.45, 7) is 0. The van der Waals surface area contributed by atoms with Crippen molar-refractivity contribution < 1.29 is 5.11 Å². The van der Waals surface area contributed by atoms with Crippen molar-refractivity contribution in [2.75, 3.05) is 0 Å². The molecule has 0 aliphatic heterocycles. The molecule has 3 aromatic rings. The number of hydrogen-bond donors (Lipinski definition) is 1. The van der Waals surface area contributed by atoms with Crippen molar-refractivity contribution in [2.45, 2.75) is 0 Å². The van der Waals surface area contributed by atoms with E-state index < -0.39 is 0 Å². The fraction of sp³-hybridized carbons (Fsp3) is 0. The summed E-state index contributed by atoms with van der Waals surface area (Å²) in [7, 11) is 0. The molecular weight excluding hydrogens is 198 g/mol. The fourth-order valence-corrected chi connectivity index (χ4v) is 1.92. The highest BCUT2D eigenvalue weighted by molar-refractivity contribution is 5.81. The highest BCUT2D eigenvalue weighted by Crippen LogP contribution is 2.21. The molecule has 0 unspecified atom stereocenters. The van der Waals surface area contributed by atoms with E-state index in [1.165, 1.54) is 10.9 Å². The van der Waals surface area contributed by atoms with Crippen LogP contribution in [-0.4, -0.2) is 9.67 Å². The Hall–Kier alpha value is -2.22. The lowest BCUT2D eigenvalue weighted by Crippen LogP contribution is -1.90. The van der Waals surface area contributed by atoms with Gasteiger partial charge in [-0.1, -0.05) is 18.2 Å². The largest absolute Gasteiger partial charge is 0.508 e. The normalized spacial score (nSPS) is 10.8. The highest BCUT2D eigenvalue weighted by Gasteiger charge is 2.01. The van der Waals surface area contributed by atoms with Crippen LogP contribution in [0.5, 0.6) is 5.75 Å². The van der Waals surface area contributed by atoms with Crippen molar-refractivity contribution in [3.8, 4) is 11.4 Å². The van der Waals surface area contributed by atoms with Gasteiger partial charge in [0.15, 0.2) is 0 Å². The summed E-state index contributed by atoms with van der Waals surface area (Å²) < 4.78 is 2.11. The predicted octanol–water partition coefficient (Wildman–Crippen LogP) is 3.34. The smallest absolute Gasteiger partial charge is 0.115 e. The van der Waals surface area contributed by atoms with E-state index in [1.807, 2.05) is 30.5 Å². The Labute approximate surface area is 93.4 Å². The van der Waals surface area contributed by atoms with Gasteiger partial charge in [0.1, 0.15) is 5.75 Å². The van der Waals surface area contributed by atoms with Crippen LogP contribution in [0.2, 0.25) is 0 Å². The molecule has 0 saturated carbocycles. The van der Waals surface area contributed by atoms with E-state index in [2.05, 4.69) is 22.8 Å². The third-order valence-corrected chi connectivity index (χ3v) is 2.73. The number of fused-ring (bicyclic) bond motifs is 1. The minimum absolute atomic E-state index is 0.292. The summed E-state index contributed by atoms with van der Waals surface area (Å²) in [6, 6.07) is 17.5. The molecule has 0 aliphatic rings. The zero-order valence-electron chi connectivity index (χ0n) is 8.67. The molecule has 1 heterocycles. The second kappa shape index (κ2) is 3.42. The Balaban J connectivity index is 2.22. The van der Waals surface area contributed by atoms with E-state index in [0.717, 1.165) is 5.69 Å². The number of phenolic OH excluding ortho intramolecular Hbond substituents is 1. The van der Waals surface area contributed by atoms with E-state index in [4.69, 9.17) is 0 Å². The van der Waals surface area contributed by atoms with Crippen molar-refractivity contribution >= 4 is 10.9 Å². The zero-order valence-corrected chi connectivity index (χ0v) is 8.67. The molecule has 0 radical (unpaired) electrons. The predicted molar refractivity (Wildman–Crippen MR) is 64.9 cm³/mol. The molecule has 1 aromatic heterocycles. The molecule has 0 fully saturated rings. The van der Waals surface area contributed by atoms with Crippen LogP contribution in [-0.2, 0) is 0 Å². The van der Waals surface area contributed by atoms with Gasteiger partial charge in [-0.25, -0.2) is 0 Å². The quantitative estimate of drug-likeness (QED) is 0.653. The fourth-order valence-electron chi connectivity index (χ4n) is 1.92. The van der Waals surface area contributed by atoms with Crippen LogP contribution in [0.25, 0.3) is 16.6 Å². The number of hydrogen-bond acceptors (Lipinski definition) is 1. The van der Waals surface area contributed by atoms with Crippen LogP contribution < -0.4 is 0 Å². The second-order valence-corrected chi connectivity index (χ2v) is 3.76. The van der Waals surface area contributed by atoms with Gasteiger partial charge in [0.25, 0.3) is 0 Å². The van der Waals surface area contributed by atoms with E-state index in [9.17, 15) is 5.11 Å². The van der Waals surface area contributed by atoms with Crippen molar-refractivity contribution in [2.24, 2.45) is 0 Å². The first-order valence-corrected chi connectivity index (χ1v) is 5.20. The number of benzene rings is 2. The number of para-hydroxylation sites is 1. The Morgan fingerprint density at radius 1 is 0.812 bits per heavy atom. The molecule has 0 aliphatic carbocycles. The molecule has 0 atom stereocenters. The van der Waals surface area contributed by atoms with Crippen LogP contribution in [0.3, 0.4) is 0 Å². The third kappa shape index (κ3) is 1.36. The van der Waals surface area contributed by atoms with Crippen LogP contribution in [0, 0.1) is 0 Å². The first-order valence-electron chi connectivity index (χ1n) is 5.20. The topological polar surface area (TPSA) is 25.2 Å². The van der Waals surface area contributed by atoms with Crippen molar-refractivity contribution in [1.82, 2.24) is 4.57 Å². The van der Waals surface area contributed by atoms with E-state index in [-0.39, 0.29) is 0 Å². The Morgan fingerprint density at radius 3 is 2.38 bits per heavy atom. The van der Waals surface area contributed by atoms with Gasteiger partial charge < -0.3 is 9.67 Å². The molecular formula is C14H11NO. The third-order valence-electron chi connectivity index (χ3n) is 2.73. The molecule has 0 saturated heterocycles. The lowest BCUT2D eigenvalue weighted by Gasteiger charge is -2.05. The number of phenols is 1. The van der Waals surface area contributed by atoms with Gasteiger partial charge in [-0.3, -0.25) is 0 Å². The maximum absolute atomic E-state index is 9.26. The summed E-state index contributed by atoms with van der Waals surface area (Å²) in [6.07, 6.45) is 2.04. The lowest BCUT2D eigenvalue weighted by molar-refractivity contribution is 0.475. The van der Waals surface area contributed by atoms with Gasteiger partial charge in [0, 0.05) is 11.9 Å². The maximum Gasteiger partial charge on any atom is 0.115 e. The van der Waals surface area contributed by atoms with Gasteiger partial charge in [0.2, 0.25) is 0 Å². The summed E-state index contributed by atoms with van der Waals surface area (Å²) in [5.74, 6) is 0.292. The van der Waals surface area contributed by atoms with Crippen LogP contribution in [0.4, 0.5) is 0 Å². The lowest BCUT2D eigenvalue weighted by atomic mass is 10.2. The Morgan fingerprint density at radius 2 is 1.56 bits per heavy atom. The van der Waals surface area contributed by atoms with Crippen LogP contribution >= 0.6 is 0 Å². The molecule has 0 bridgehead atoms. The zero-order chi connectivity index (χ0) is 11.0. The van der Waals surface area contributed by atoms with Gasteiger partial charge in [-0.15, -0.1) is 0 Å². The van der Waals surface area contributed by atoms with E-state index in [1.54, 1.807) is 12.1 Å². The summed E-state index contributed by atoms with van der Waals surface area (Å²) >= 11 is 0. The number of nitrogens with zero attached hydrogens (tertiary/aromatic N) is 1. The highest BCUT2D eigenvalue weighted by atomic mass is 16.3. The van der Waals surface area contributed by atoms with Crippen molar-refractivity contribution in [3.63, 3.8) is 0 Å². The molecule has 78 valence electrons. The van der Waals surface area contributed by atoms with E-state index >= 15 is 0 Å². The second-order valence-electron chi connectivity index (χ2n) is 3.76. The molecule has 2 nitrogen and oxygen atoms in total. The average Bonchev–Trinajstić information content (AvgIpc) is 2.74. The molecule has 16 heavy (non-hydrogen) atoms. The molecule has 2 heteroatoms. The van der Waals surface area contributed by atoms with Gasteiger partial charge >= 0.3 is 0 Å². The molecule has 2 aromatic carbocycles. The summed E-state index contributed by atoms with van der Waals surface area (Å²) in [5.41, 5.74) is 2.23. The molecule has 0 spiro atoms. The first-order chi connectivity index (χ1) is 7.84. The molecule has 0 amide bonds.